The van der Waals surface area contributed by atoms with Crippen LogP contribution in [0.25, 0.3) is 0 Å². The van der Waals surface area contributed by atoms with E-state index in [1.807, 2.05) is 20.8 Å². The van der Waals surface area contributed by atoms with Crippen molar-refractivity contribution < 1.29 is 19.0 Å². The molecular weight excluding hydrogens is 196 g/mol. The van der Waals surface area contributed by atoms with E-state index < -0.39 is 0 Å². The summed E-state index contributed by atoms with van der Waals surface area (Å²) in [7, 11) is 1.40. The lowest BCUT2D eigenvalue weighted by Crippen LogP contribution is -2.29. The molecule has 0 aliphatic carbocycles. The van der Waals surface area contributed by atoms with Gasteiger partial charge in [0.05, 0.1) is 32.3 Å². The maximum Gasteiger partial charge on any atom is 0.311 e. The van der Waals surface area contributed by atoms with Crippen molar-refractivity contribution in [1.29, 1.82) is 0 Å². The standard InChI is InChI=1S/C11H22O4/c1-5-10(11(12)13-4)9(3)15-8-7-14-6-2/h9-10H,5-8H2,1-4H3/t9-,10-/m1/s1. The van der Waals surface area contributed by atoms with Crippen molar-refractivity contribution in [2.45, 2.75) is 33.3 Å². The van der Waals surface area contributed by atoms with Gasteiger partial charge in [-0.15, -0.1) is 0 Å². The first-order chi connectivity index (χ1) is 7.17. The predicted molar refractivity (Wildman–Crippen MR) is 57.7 cm³/mol. The number of hydrogen-bond acceptors (Lipinski definition) is 4. The van der Waals surface area contributed by atoms with Crippen molar-refractivity contribution in [2.24, 2.45) is 5.92 Å². The van der Waals surface area contributed by atoms with E-state index in [-0.39, 0.29) is 18.0 Å². The Labute approximate surface area is 91.9 Å². The van der Waals surface area contributed by atoms with Crippen molar-refractivity contribution in [3.05, 3.63) is 0 Å². The maximum atomic E-state index is 11.3. The van der Waals surface area contributed by atoms with Crippen LogP contribution in [0.5, 0.6) is 0 Å². The lowest BCUT2D eigenvalue weighted by Gasteiger charge is -2.20. The van der Waals surface area contributed by atoms with Gasteiger partial charge >= 0.3 is 5.97 Å². The lowest BCUT2D eigenvalue weighted by atomic mass is 10.0. The van der Waals surface area contributed by atoms with Gasteiger partial charge in [0.1, 0.15) is 0 Å². The van der Waals surface area contributed by atoms with Gasteiger partial charge in [-0.2, -0.15) is 0 Å². The maximum absolute atomic E-state index is 11.3. The Morgan fingerprint density at radius 2 is 1.93 bits per heavy atom. The summed E-state index contributed by atoms with van der Waals surface area (Å²) in [6.07, 6.45) is 0.602. The van der Waals surface area contributed by atoms with Crippen molar-refractivity contribution in [2.75, 3.05) is 26.9 Å². The zero-order chi connectivity index (χ0) is 11.7. The fourth-order valence-electron chi connectivity index (χ4n) is 1.40. The van der Waals surface area contributed by atoms with E-state index in [9.17, 15) is 4.79 Å². The molecule has 0 bridgehead atoms. The largest absolute Gasteiger partial charge is 0.469 e. The molecule has 0 N–H and O–H groups in total. The summed E-state index contributed by atoms with van der Waals surface area (Å²) < 4.78 is 15.3. The third-order valence-electron chi connectivity index (χ3n) is 2.32. The Morgan fingerprint density at radius 1 is 1.27 bits per heavy atom. The number of carbonyl (C=O) groups is 1. The quantitative estimate of drug-likeness (QED) is 0.459. The summed E-state index contributed by atoms with van der Waals surface area (Å²) in [6.45, 7) is 7.54. The van der Waals surface area contributed by atoms with Crippen LogP contribution in [-0.2, 0) is 19.0 Å². The molecule has 0 saturated carbocycles. The van der Waals surface area contributed by atoms with Gasteiger partial charge in [-0.05, 0) is 20.3 Å². The smallest absolute Gasteiger partial charge is 0.311 e. The van der Waals surface area contributed by atoms with Crippen LogP contribution in [0.1, 0.15) is 27.2 Å². The second-order valence-electron chi connectivity index (χ2n) is 3.31. The molecule has 4 nitrogen and oxygen atoms in total. The highest BCUT2D eigenvalue weighted by molar-refractivity contribution is 5.72. The number of ether oxygens (including phenoxy) is 3. The van der Waals surface area contributed by atoms with E-state index in [0.717, 1.165) is 6.42 Å². The van der Waals surface area contributed by atoms with Gasteiger partial charge in [-0.3, -0.25) is 4.79 Å². The third-order valence-corrected chi connectivity index (χ3v) is 2.32. The first kappa shape index (κ1) is 14.4. The van der Waals surface area contributed by atoms with E-state index in [2.05, 4.69) is 0 Å². The molecule has 0 aliphatic rings. The van der Waals surface area contributed by atoms with Crippen LogP contribution >= 0.6 is 0 Å². The highest BCUT2D eigenvalue weighted by Gasteiger charge is 2.24. The molecule has 0 fully saturated rings. The highest BCUT2D eigenvalue weighted by atomic mass is 16.5. The number of hydrogen-bond donors (Lipinski definition) is 0. The van der Waals surface area contributed by atoms with Crippen LogP contribution in [0.15, 0.2) is 0 Å². The first-order valence-corrected chi connectivity index (χ1v) is 5.44. The molecule has 0 unspecified atom stereocenters. The van der Waals surface area contributed by atoms with Gasteiger partial charge in [0, 0.05) is 6.61 Å². The van der Waals surface area contributed by atoms with Crippen molar-refractivity contribution in [3.63, 3.8) is 0 Å². The van der Waals surface area contributed by atoms with Gasteiger partial charge < -0.3 is 14.2 Å². The average molecular weight is 218 g/mol. The summed E-state index contributed by atoms with van der Waals surface area (Å²) in [5.41, 5.74) is 0. The zero-order valence-corrected chi connectivity index (χ0v) is 10.1. The molecule has 0 aromatic heterocycles. The Balaban J connectivity index is 3.83. The van der Waals surface area contributed by atoms with Gasteiger partial charge in [0.2, 0.25) is 0 Å². The van der Waals surface area contributed by atoms with E-state index in [1.54, 1.807) is 0 Å². The minimum atomic E-state index is -0.207. The van der Waals surface area contributed by atoms with Crippen LogP contribution in [0, 0.1) is 5.92 Å². The third kappa shape index (κ3) is 5.74. The summed E-state index contributed by atoms with van der Waals surface area (Å²) in [5, 5.41) is 0. The van der Waals surface area contributed by atoms with Gasteiger partial charge in [-0.25, -0.2) is 0 Å². The minimum Gasteiger partial charge on any atom is -0.469 e. The van der Waals surface area contributed by atoms with E-state index in [1.165, 1.54) is 7.11 Å². The van der Waals surface area contributed by atoms with Crippen LogP contribution in [0.4, 0.5) is 0 Å². The van der Waals surface area contributed by atoms with Crippen LogP contribution in [-0.4, -0.2) is 39.0 Å². The molecule has 0 saturated heterocycles. The molecule has 0 rings (SSSR count). The fourth-order valence-corrected chi connectivity index (χ4v) is 1.40. The summed E-state index contributed by atoms with van der Waals surface area (Å²) in [5.74, 6) is -0.391. The Hall–Kier alpha value is -0.610. The molecule has 90 valence electrons. The van der Waals surface area contributed by atoms with Crippen molar-refractivity contribution >= 4 is 5.97 Å². The molecular formula is C11H22O4. The second kappa shape index (κ2) is 8.68. The monoisotopic (exact) mass is 218 g/mol. The molecule has 15 heavy (non-hydrogen) atoms. The summed E-state index contributed by atoms with van der Waals surface area (Å²) >= 11 is 0. The van der Waals surface area contributed by atoms with Crippen molar-refractivity contribution in [3.8, 4) is 0 Å². The molecule has 0 radical (unpaired) electrons. The SMILES string of the molecule is CCOCCO[C@H](C)[C@@H](CC)C(=O)OC. The average Bonchev–Trinajstić information content (AvgIpc) is 2.25. The summed E-state index contributed by atoms with van der Waals surface area (Å²) in [6, 6.07) is 0. The molecule has 0 heterocycles. The van der Waals surface area contributed by atoms with Gasteiger partial charge in [-0.1, -0.05) is 6.92 Å². The Kier molecular flexibility index (Phi) is 8.33. The molecule has 0 aromatic carbocycles. The second-order valence-corrected chi connectivity index (χ2v) is 3.31. The Bertz CT molecular complexity index is 170. The van der Waals surface area contributed by atoms with Crippen LogP contribution < -0.4 is 0 Å². The van der Waals surface area contributed by atoms with E-state index >= 15 is 0 Å². The van der Waals surface area contributed by atoms with Crippen LogP contribution in [0.3, 0.4) is 0 Å². The van der Waals surface area contributed by atoms with Gasteiger partial charge in [0.15, 0.2) is 0 Å². The molecule has 2 atom stereocenters. The molecule has 0 amide bonds. The fraction of sp³-hybridized carbons (Fsp3) is 0.909. The number of methoxy groups -OCH3 is 1. The van der Waals surface area contributed by atoms with E-state index in [0.29, 0.717) is 19.8 Å². The molecule has 0 spiro atoms. The molecule has 4 heteroatoms. The molecule has 0 aliphatic heterocycles. The highest BCUT2D eigenvalue weighted by Crippen LogP contribution is 2.13. The zero-order valence-electron chi connectivity index (χ0n) is 10.1. The lowest BCUT2D eigenvalue weighted by molar-refractivity contribution is -0.151. The normalized spacial score (nSPS) is 14.7. The summed E-state index contributed by atoms with van der Waals surface area (Å²) in [4.78, 5) is 11.3. The van der Waals surface area contributed by atoms with Crippen molar-refractivity contribution in [1.82, 2.24) is 0 Å². The van der Waals surface area contributed by atoms with Gasteiger partial charge in [0.25, 0.3) is 0 Å². The number of carbonyl (C=O) groups excluding carboxylic acids is 1. The number of esters is 1. The first-order valence-electron chi connectivity index (χ1n) is 5.44. The van der Waals surface area contributed by atoms with E-state index in [4.69, 9.17) is 14.2 Å². The Morgan fingerprint density at radius 3 is 2.40 bits per heavy atom. The topological polar surface area (TPSA) is 44.8 Å². The molecule has 0 aromatic rings. The number of rotatable bonds is 8. The predicted octanol–water partition coefficient (Wildman–Crippen LogP) is 1.63. The van der Waals surface area contributed by atoms with Crippen LogP contribution in [0.2, 0.25) is 0 Å². The minimum absolute atomic E-state index is 0.122.